The fourth-order valence-corrected chi connectivity index (χ4v) is 3.84. The summed E-state index contributed by atoms with van der Waals surface area (Å²) in [6, 6.07) is 7.21. The lowest BCUT2D eigenvalue weighted by Gasteiger charge is -2.00. The molecule has 0 bridgehead atoms. The molecular formula is C20H12F2N2O3S. The third-order valence-corrected chi connectivity index (χ3v) is 4.99. The molecule has 0 unspecified atom stereocenters. The molecule has 0 atom stereocenters. The number of halogens is 2. The number of carbonyl (C=O) groups is 1. The predicted molar refractivity (Wildman–Crippen MR) is 101 cm³/mol. The van der Waals surface area contributed by atoms with E-state index >= 15 is 0 Å². The van der Waals surface area contributed by atoms with Gasteiger partial charge in [-0.25, -0.2) is 8.78 Å². The fourth-order valence-electron chi connectivity index (χ4n) is 2.77. The Labute approximate surface area is 162 Å². The van der Waals surface area contributed by atoms with E-state index in [0.717, 1.165) is 23.0 Å². The maximum Gasteiger partial charge on any atom is 0.272 e. The van der Waals surface area contributed by atoms with Crippen LogP contribution < -0.4 is 14.3 Å². The van der Waals surface area contributed by atoms with Gasteiger partial charge in [0.05, 0.1) is 16.8 Å². The van der Waals surface area contributed by atoms with Gasteiger partial charge in [-0.1, -0.05) is 23.3 Å². The van der Waals surface area contributed by atoms with E-state index in [1.807, 2.05) is 0 Å². The van der Waals surface area contributed by atoms with Gasteiger partial charge in [-0.3, -0.25) is 4.79 Å². The zero-order chi connectivity index (χ0) is 19.7. The summed E-state index contributed by atoms with van der Waals surface area (Å²) in [6.45, 7) is 0.162. The van der Waals surface area contributed by atoms with Gasteiger partial charge in [-0.05, 0) is 29.8 Å². The summed E-state index contributed by atoms with van der Waals surface area (Å²) in [5, 5.41) is 0. The lowest BCUT2D eigenvalue weighted by atomic mass is 10.2. The van der Waals surface area contributed by atoms with E-state index in [0.29, 0.717) is 16.2 Å². The van der Waals surface area contributed by atoms with E-state index in [-0.39, 0.29) is 23.7 Å². The molecule has 1 aliphatic rings. The Bertz CT molecular complexity index is 1230. The summed E-state index contributed by atoms with van der Waals surface area (Å²) in [4.78, 5) is 16.4. The first-order valence-electron chi connectivity index (χ1n) is 8.13. The average molecular weight is 398 g/mol. The number of nitrogens with zero attached hydrogens (tertiary/aromatic N) is 2. The minimum atomic E-state index is -0.758. The average Bonchev–Trinajstić information content (AvgIpc) is 3.24. The Balaban J connectivity index is 1.69. The number of benzene rings is 2. The van der Waals surface area contributed by atoms with Crippen molar-refractivity contribution in [2.24, 2.45) is 4.99 Å². The number of fused-ring (bicyclic) bond motifs is 2. The zero-order valence-electron chi connectivity index (χ0n) is 14.3. The minimum absolute atomic E-state index is 0.000537. The predicted octanol–water partition coefficient (Wildman–Crippen LogP) is 3.48. The number of thiazole rings is 1. The maximum atomic E-state index is 14.2. The van der Waals surface area contributed by atoms with Gasteiger partial charge in [-0.15, -0.1) is 6.42 Å². The Morgan fingerprint density at radius 1 is 1.29 bits per heavy atom. The standard InChI is InChI=1S/C20H12F2N2O3S/c1-2-7-24-19-14(22)9-13(21)10-17(19)28-20(24)23-18(25)6-4-12-3-5-15-16(8-12)27-11-26-15/h1,3-6,8-10H,7,11H2/b6-4-,23-20?. The molecule has 1 amide bonds. The highest BCUT2D eigenvalue weighted by Crippen LogP contribution is 2.32. The molecule has 3 aromatic rings. The van der Waals surface area contributed by atoms with Crippen molar-refractivity contribution in [3.05, 3.63) is 58.4 Å². The van der Waals surface area contributed by atoms with Crippen molar-refractivity contribution in [3.63, 3.8) is 0 Å². The number of ether oxygens (including phenoxy) is 2. The van der Waals surface area contributed by atoms with Gasteiger partial charge in [0.2, 0.25) is 6.79 Å². The molecule has 2 heterocycles. The quantitative estimate of drug-likeness (QED) is 0.501. The van der Waals surface area contributed by atoms with E-state index in [1.165, 1.54) is 16.7 Å². The van der Waals surface area contributed by atoms with Gasteiger partial charge < -0.3 is 14.0 Å². The van der Waals surface area contributed by atoms with Crippen LogP contribution in [-0.4, -0.2) is 17.3 Å². The molecule has 0 aliphatic carbocycles. The number of amides is 1. The molecule has 5 nitrogen and oxygen atoms in total. The lowest BCUT2D eigenvalue weighted by Crippen LogP contribution is -2.16. The van der Waals surface area contributed by atoms with Crippen LogP contribution in [0.1, 0.15) is 5.56 Å². The van der Waals surface area contributed by atoms with Crippen molar-refractivity contribution in [3.8, 4) is 23.8 Å². The lowest BCUT2D eigenvalue weighted by molar-refractivity contribution is -0.113. The maximum absolute atomic E-state index is 14.2. The smallest absolute Gasteiger partial charge is 0.272 e. The zero-order valence-corrected chi connectivity index (χ0v) is 15.1. The Morgan fingerprint density at radius 3 is 2.93 bits per heavy atom. The SMILES string of the molecule is C#CCn1c(=NC(=O)/C=C\c2ccc3c(c2)OCO3)sc2cc(F)cc(F)c21. The molecule has 0 fully saturated rings. The highest BCUT2D eigenvalue weighted by molar-refractivity contribution is 7.16. The summed E-state index contributed by atoms with van der Waals surface area (Å²) in [7, 11) is 0. The molecule has 28 heavy (non-hydrogen) atoms. The van der Waals surface area contributed by atoms with E-state index in [2.05, 4.69) is 10.9 Å². The number of terminal acetylenes is 1. The van der Waals surface area contributed by atoms with Gasteiger partial charge in [0.15, 0.2) is 22.1 Å². The third-order valence-electron chi connectivity index (χ3n) is 3.97. The van der Waals surface area contributed by atoms with Crippen molar-refractivity contribution < 1.29 is 23.0 Å². The van der Waals surface area contributed by atoms with Gasteiger partial charge in [0.25, 0.3) is 5.91 Å². The first kappa shape index (κ1) is 17.9. The third kappa shape index (κ3) is 3.40. The van der Waals surface area contributed by atoms with Crippen molar-refractivity contribution in [2.75, 3.05) is 6.79 Å². The first-order chi connectivity index (χ1) is 13.5. The van der Waals surface area contributed by atoms with Crippen LogP contribution in [-0.2, 0) is 11.3 Å². The van der Waals surface area contributed by atoms with E-state index in [1.54, 1.807) is 24.3 Å². The normalized spacial score (nSPS) is 13.4. The number of aromatic nitrogens is 1. The van der Waals surface area contributed by atoms with Crippen LogP contribution in [0, 0.1) is 24.0 Å². The van der Waals surface area contributed by atoms with Gasteiger partial charge >= 0.3 is 0 Å². The number of rotatable bonds is 3. The summed E-state index contributed by atoms with van der Waals surface area (Å²) in [5.74, 6) is 1.61. The molecule has 0 N–H and O–H groups in total. The Kier molecular flexibility index (Phi) is 4.67. The second-order valence-electron chi connectivity index (χ2n) is 5.81. The molecule has 1 aliphatic heterocycles. The van der Waals surface area contributed by atoms with Crippen molar-refractivity contribution >= 4 is 33.5 Å². The summed E-state index contributed by atoms with van der Waals surface area (Å²) in [5.41, 5.74) is 0.851. The molecule has 4 rings (SSSR count). The van der Waals surface area contributed by atoms with E-state index in [4.69, 9.17) is 15.9 Å². The highest BCUT2D eigenvalue weighted by Gasteiger charge is 2.14. The number of hydrogen-bond acceptors (Lipinski definition) is 4. The monoisotopic (exact) mass is 398 g/mol. The van der Waals surface area contributed by atoms with E-state index < -0.39 is 17.5 Å². The first-order valence-corrected chi connectivity index (χ1v) is 8.95. The van der Waals surface area contributed by atoms with Gasteiger partial charge in [0.1, 0.15) is 5.82 Å². The minimum Gasteiger partial charge on any atom is -0.454 e. The molecule has 0 saturated carbocycles. The summed E-state index contributed by atoms with van der Waals surface area (Å²) < 4.78 is 39.9. The van der Waals surface area contributed by atoms with Crippen LogP contribution in [0.15, 0.2) is 41.4 Å². The number of carbonyl (C=O) groups excluding carboxylic acids is 1. The van der Waals surface area contributed by atoms with Gasteiger partial charge in [-0.2, -0.15) is 4.99 Å². The van der Waals surface area contributed by atoms with Crippen LogP contribution in [0.2, 0.25) is 0 Å². The number of hydrogen-bond donors (Lipinski definition) is 0. The fraction of sp³-hybridized carbons (Fsp3) is 0.100. The Morgan fingerprint density at radius 2 is 2.11 bits per heavy atom. The largest absolute Gasteiger partial charge is 0.454 e. The summed E-state index contributed by atoms with van der Waals surface area (Å²) >= 11 is 0.988. The molecule has 0 saturated heterocycles. The van der Waals surface area contributed by atoms with Crippen LogP contribution in [0.25, 0.3) is 16.3 Å². The molecule has 1 aromatic heterocycles. The molecular weight excluding hydrogens is 386 g/mol. The highest BCUT2D eigenvalue weighted by atomic mass is 32.1. The summed E-state index contributed by atoms with van der Waals surface area (Å²) in [6.07, 6.45) is 8.20. The molecule has 140 valence electrons. The van der Waals surface area contributed by atoms with Crippen LogP contribution >= 0.6 is 11.3 Å². The van der Waals surface area contributed by atoms with Gasteiger partial charge in [0, 0.05) is 12.1 Å². The van der Waals surface area contributed by atoms with Crippen LogP contribution in [0.5, 0.6) is 11.5 Å². The molecule has 8 heteroatoms. The molecule has 2 aromatic carbocycles. The van der Waals surface area contributed by atoms with Crippen LogP contribution in [0.3, 0.4) is 0 Å². The molecule has 0 spiro atoms. The molecule has 0 radical (unpaired) electrons. The van der Waals surface area contributed by atoms with Crippen molar-refractivity contribution in [1.29, 1.82) is 0 Å². The Hall–Kier alpha value is -3.44. The van der Waals surface area contributed by atoms with E-state index in [9.17, 15) is 13.6 Å². The second-order valence-corrected chi connectivity index (χ2v) is 6.81. The van der Waals surface area contributed by atoms with Crippen molar-refractivity contribution in [2.45, 2.75) is 6.54 Å². The topological polar surface area (TPSA) is 52.8 Å². The van der Waals surface area contributed by atoms with Crippen LogP contribution in [0.4, 0.5) is 8.78 Å². The van der Waals surface area contributed by atoms with Crippen molar-refractivity contribution in [1.82, 2.24) is 4.57 Å². The second kappa shape index (κ2) is 7.29.